The minimum absolute atomic E-state index is 0.116. The smallest absolute Gasteiger partial charge is 0.407 e. The number of imidazole rings is 2. The fraction of sp³-hybridized carbons (Fsp3) is 0.304. The molecular formula is C46H48N8O6S. The summed E-state index contributed by atoms with van der Waals surface area (Å²) >= 11 is 1.64. The van der Waals surface area contributed by atoms with Crippen molar-refractivity contribution in [1.82, 2.24) is 40.4 Å². The van der Waals surface area contributed by atoms with Crippen molar-refractivity contribution in [3.8, 4) is 33.6 Å². The van der Waals surface area contributed by atoms with Crippen molar-refractivity contribution in [3.05, 3.63) is 121 Å². The summed E-state index contributed by atoms with van der Waals surface area (Å²) in [5.41, 5.74) is 6.49. The molecule has 2 saturated heterocycles. The van der Waals surface area contributed by atoms with E-state index in [9.17, 15) is 19.2 Å². The predicted molar refractivity (Wildman–Crippen MR) is 234 cm³/mol. The lowest BCUT2D eigenvalue weighted by atomic mass is 9.98. The number of ether oxygens (including phenoxy) is 2. The quantitative estimate of drug-likeness (QED) is 0.101. The molecule has 0 radical (unpaired) electrons. The summed E-state index contributed by atoms with van der Waals surface area (Å²) in [4.78, 5) is 71.6. The minimum Gasteiger partial charge on any atom is -0.453 e. The molecule has 14 nitrogen and oxygen atoms in total. The number of methoxy groups -OCH3 is 2. The maximum Gasteiger partial charge on any atom is 0.407 e. The van der Waals surface area contributed by atoms with Gasteiger partial charge >= 0.3 is 12.2 Å². The third-order valence-corrected chi connectivity index (χ3v) is 12.6. The number of aromatic amines is 2. The molecule has 4 amide bonds. The number of alkyl carbamates (subject to hydrolysis) is 2. The van der Waals surface area contributed by atoms with Crippen LogP contribution in [0.1, 0.15) is 61.4 Å². The molecule has 0 saturated carbocycles. The summed E-state index contributed by atoms with van der Waals surface area (Å²) < 4.78 is 9.60. The second-order valence-corrected chi connectivity index (χ2v) is 16.7. The molecule has 61 heavy (non-hydrogen) atoms. The highest BCUT2D eigenvalue weighted by molar-refractivity contribution is 7.99. The molecule has 4 atom stereocenters. The number of thioether (sulfide) groups is 1. The van der Waals surface area contributed by atoms with Crippen molar-refractivity contribution in [2.45, 2.75) is 50.2 Å². The van der Waals surface area contributed by atoms with E-state index in [2.05, 4.69) is 86.2 Å². The minimum atomic E-state index is -0.882. The first-order chi connectivity index (χ1) is 29.6. The van der Waals surface area contributed by atoms with Gasteiger partial charge < -0.3 is 39.9 Å². The normalized spacial score (nSPS) is 17.3. The first kappa shape index (κ1) is 41.1. The van der Waals surface area contributed by atoms with E-state index in [4.69, 9.17) is 14.5 Å². The molecule has 0 aliphatic carbocycles. The maximum atomic E-state index is 13.9. The van der Waals surface area contributed by atoms with Crippen LogP contribution in [0, 0.1) is 5.92 Å². The molecule has 0 spiro atoms. The van der Waals surface area contributed by atoms with Gasteiger partial charge in [-0.15, -0.1) is 11.8 Å². The summed E-state index contributed by atoms with van der Waals surface area (Å²) in [7, 11) is 2.57. The van der Waals surface area contributed by atoms with Crippen LogP contribution < -0.4 is 10.6 Å². The van der Waals surface area contributed by atoms with Gasteiger partial charge in [-0.05, 0) is 63.9 Å². The Labute approximate surface area is 357 Å². The number of nitrogens with zero attached hydrogens (tertiary/aromatic N) is 4. The van der Waals surface area contributed by atoms with Gasteiger partial charge in [-0.25, -0.2) is 19.6 Å². The Morgan fingerprint density at radius 2 is 1.31 bits per heavy atom. The molecule has 2 fully saturated rings. The summed E-state index contributed by atoms with van der Waals surface area (Å²) in [6.07, 6.45) is 3.88. The Hall–Kier alpha value is -6.61. The Bertz CT molecular complexity index is 2540. The fourth-order valence-electron chi connectivity index (χ4n) is 8.09. The lowest BCUT2D eigenvalue weighted by molar-refractivity contribution is -0.135. The second-order valence-electron chi connectivity index (χ2n) is 15.5. The molecule has 4 N–H and O–H groups in total. The SMILES string of the molecule is COC(=O)NC(C(=O)N1CCS[C@H]1c1ncc(-c2ccc(-c3ccc4cc(-c5cnc([C@@H]6CCCN6C(=O)[C@H](NC(=O)OC)c6ccccc6)[nH]5)ccc4c3)cc2)[nH]1)C(C)C. The van der Waals surface area contributed by atoms with Crippen molar-refractivity contribution >= 4 is 46.5 Å². The van der Waals surface area contributed by atoms with Crippen molar-refractivity contribution in [3.63, 3.8) is 0 Å². The second kappa shape index (κ2) is 17.9. The van der Waals surface area contributed by atoms with Crippen molar-refractivity contribution in [1.29, 1.82) is 0 Å². The number of carbonyl (C=O) groups is 4. The lowest BCUT2D eigenvalue weighted by Gasteiger charge is -2.29. The third-order valence-electron chi connectivity index (χ3n) is 11.3. The van der Waals surface area contributed by atoms with Crippen LogP contribution in [0.15, 0.2) is 103 Å². The zero-order chi connectivity index (χ0) is 42.6. The average Bonchev–Trinajstić information content (AvgIpc) is 4.14. The average molecular weight is 841 g/mol. The number of aromatic nitrogens is 4. The summed E-state index contributed by atoms with van der Waals surface area (Å²) in [6.45, 7) is 4.90. The summed E-state index contributed by atoms with van der Waals surface area (Å²) in [5.74, 6) is 1.67. The zero-order valence-corrected chi connectivity index (χ0v) is 35.2. The van der Waals surface area contributed by atoms with E-state index < -0.39 is 24.3 Å². The lowest BCUT2D eigenvalue weighted by Crippen LogP contribution is -2.51. The van der Waals surface area contributed by atoms with Crippen molar-refractivity contribution in [2.24, 2.45) is 5.92 Å². The number of benzene rings is 4. The number of rotatable bonds is 11. The number of amides is 4. The van der Waals surface area contributed by atoms with Gasteiger partial charge in [0.1, 0.15) is 29.1 Å². The molecule has 1 unspecified atom stereocenters. The predicted octanol–water partition coefficient (Wildman–Crippen LogP) is 8.00. The highest BCUT2D eigenvalue weighted by atomic mass is 32.2. The topological polar surface area (TPSA) is 175 Å². The molecule has 15 heteroatoms. The van der Waals surface area contributed by atoms with Gasteiger partial charge in [-0.2, -0.15) is 0 Å². The molecule has 4 aromatic carbocycles. The van der Waals surface area contributed by atoms with Crippen molar-refractivity contribution < 1.29 is 28.7 Å². The van der Waals surface area contributed by atoms with Crippen LogP contribution in [0.2, 0.25) is 0 Å². The van der Waals surface area contributed by atoms with Crippen LogP contribution in [0.5, 0.6) is 0 Å². The molecular weight excluding hydrogens is 793 g/mol. The van der Waals surface area contributed by atoms with Crippen LogP contribution in [0.3, 0.4) is 0 Å². The van der Waals surface area contributed by atoms with Gasteiger partial charge in [0.25, 0.3) is 5.91 Å². The monoisotopic (exact) mass is 840 g/mol. The first-order valence-corrected chi connectivity index (χ1v) is 21.4. The molecule has 2 aliphatic rings. The molecule has 2 aromatic heterocycles. The van der Waals surface area contributed by atoms with E-state index in [1.54, 1.807) is 27.8 Å². The van der Waals surface area contributed by atoms with Crippen LogP contribution in [0.25, 0.3) is 44.4 Å². The van der Waals surface area contributed by atoms with Crippen LogP contribution >= 0.6 is 11.8 Å². The van der Waals surface area contributed by atoms with Crippen LogP contribution in [-0.2, 0) is 19.1 Å². The summed E-state index contributed by atoms with van der Waals surface area (Å²) in [6, 6.07) is 28.4. The Balaban J connectivity index is 0.943. The van der Waals surface area contributed by atoms with E-state index in [-0.39, 0.29) is 29.1 Å². The van der Waals surface area contributed by atoms with E-state index in [1.807, 2.05) is 50.4 Å². The molecule has 0 bridgehead atoms. The van der Waals surface area contributed by atoms with E-state index >= 15 is 0 Å². The Morgan fingerprint density at radius 1 is 0.705 bits per heavy atom. The number of carbonyl (C=O) groups excluding carboxylic acids is 4. The highest BCUT2D eigenvalue weighted by Crippen LogP contribution is 2.39. The molecule has 4 heterocycles. The molecule has 314 valence electrons. The number of hydrogen-bond acceptors (Lipinski definition) is 9. The third kappa shape index (κ3) is 8.69. The van der Waals surface area contributed by atoms with Gasteiger partial charge in [0.05, 0.1) is 44.0 Å². The Morgan fingerprint density at radius 3 is 2.02 bits per heavy atom. The van der Waals surface area contributed by atoms with Gasteiger partial charge in [0.15, 0.2) is 0 Å². The van der Waals surface area contributed by atoms with Gasteiger partial charge in [0.2, 0.25) is 5.91 Å². The highest BCUT2D eigenvalue weighted by Gasteiger charge is 2.39. The largest absolute Gasteiger partial charge is 0.453 e. The molecule has 2 aliphatic heterocycles. The van der Waals surface area contributed by atoms with E-state index in [0.717, 1.165) is 63.0 Å². The van der Waals surface area contributed by atoms with Crippen LogP contribution in [0.4, 0.5) is 9.59 Å². The fourth-order valence-corrected chi connectivity index (χ4v) is 9.28. The van der Waals surface area contributed by atoms with Crippen molar-refractivity contribution in [2.75, 3.05) is 33.1 Å². The van der Waals surface area contributed by atoms with E-state index in [0.29, 0.717) is 30.3 Å². The van der Waals surface area contributed by atoms with Gasteiger partial charge in [-0.1, -0.05) is 92.7 Å². The van der Waals surface area contributed by atoms with Crippen LogP contribution in [-0.4, -0.2) is 92.8 Å². The van der Waals surface area contributed by atoms with Gasteiger partial charge in [0, 0.05) is 24.4 Å². The number of nitrogens with one attached hydrogen (secondary N) is 4. The summed E-state index contributed by atoms with van der Waals surface area (Å²) in [5, 5.41) is 7.29. The standard InChI is InChI=1S/C46H48N8O6S/c1-27(2)38(51-45(57)59-3)42(55)54-21-22-61-44(54)41-48-25-35(50-41)29-14-12-28(13-15-29)31-16-17-33-24-34(19-18-32(33)23-31)36-26-47-40(49-36)37-11-8-20-53(37)43(56)39(52-46(58)60-4)30-9-6-5-7-10-30/h5-7,9-10,12-19,23-27,37-39,44H,8,11,20-22H2,1-4H3,(H,47,49)(H,48,50)(H,51,57)(H,52,58)/t37-,38?,39+,44-/m0/s1. The molecule has 8 rings (SSSR count). The Kier molecular flexibility index (Phi) is 12.1. The number of likely N-dealkylation sites (tertiary alicyclic amines) is 1. The maximum absolute atomic E-state index is 13.9. The van der Waals surface area contributed by atoms with E-state index in [1.165, 1.54) is 14.2 Å². The first-order valence-electron chi connectivity index (χ1n) is 20.3. The zero-order valence-electron chi connectivity index (χ0n) is 34.4. The number of hydrogen-bond donors (Lipinski definition) is 4. The number of fused-ring (bicyclic) bond motifs is 1. The number of H-pyrrole nitrogens is 2. The molecule has 6 aromatic rings. The van der Waals surface area contributed by atoms with Gasteiger partial charge in [-0.3, -0.25) is 9.59 Å².